The van der Waals surface area contributed by atoms with Crippen molar-refractivity contribution in [3.05, 3.63) is 29.8 Å². The zero-order chi connectivity index (χ0) is 16.4. The molecule has 1 saturated heterocycles. The lowest BCUT2D eigenvalue weighted by molar-refractivity contribution is 0.349. The van der Waals surface area contributed by atoms with Crippen LogP contribution in [0.15, 0.2) is 29.2 Å². The fraction of sp³-hybridized carbons (Fsp3) is 0.571. The summed E-state index contributed by atoms with van der Waals surface area (Å²) in [4.78, 5) is 0.155. The number of hydrogen-bond donors (Lipinski definition) is 2. The molecule has 2 N–H and O–H groups in total. The Balaban J connectivity index is 2.12. The highest BCUT2D eigenvalue weighted by Crippen LogP contribution is 2.16. The molecule has 0 radical (unpaired) electrons. The Morgan fingerprint density at radius 2 is 1.82 bits per heavy atom. The Morgan fingerprint density at radius 1 is 1.18 bits per heavy atom. The van der Waals surface area contributed by atoms with Gasteiger partial charge in [-0.1, -0.05) is 12.1 Å². The molecule has 6 nitrogen and oxygen atoms in total. The van der Waals surface area contributed by atoms with E-state index in [0.717, 1.165) is 25.6 Å². The molecular weight excluding hydrogens is 324 g/mol. The van der Waals surface area contributed by atoms with Crippen molar-refractivity contribution in [3.63, 3.8) is 0 Å². The summed E-state index contributed by atoms with van der Waals surface area (Å²) in [5.41, 5.74) is 0.578. The summed E-state index contributed by atoms with van der Waals surface area (Å²) in [6, 6.07) is 5.94. The van der Waals surface area contributed by atoms with Crippen molar-refractivity contribution in [3.8, 4) is 0 Å². The molecule has 2 rings (SSSR count). The van der Waals surface area contributed by atoms with E-state index in [2.05, 4.69) is 10.0 Å². The van der Waals surface area contributed by atoms with Crippen LogP contribution in [-0.2, 0) is 25.6 Å². The Labute approximate surface area is 132 Å². The summed E-state index contributed by atoms with van der Waals surface area (Å²) in [6.07, 6.45) is 2.89. The Bertz CT molecular complexity index is 712. The second-order valence-corrected chi connectivity index (χ2v) is 9.68. The number of hydrogen-bond acceptors (Lipinski definition) is 5. The molecule has 22 heavy (non-hydrogen) atoms. The predicted molar refractivity (Wildman–Crippen MR) is 85.8 cm³/mol. The Hall–Kier alpha value is -0.960. The smallest absolute Gasteiger partial charge is 0.240 e. The van der Waals surface area contributed by atoms with Gasteiger partial charge in [0.25, 0.3) is 0 Å². The molecule has 0 saturated carbocycles. The van der Waals surface area contributed by atoms with E-state index in [-0.39, 0.29) is 22.7 Å². The standard InChI is InChI=1S/C14H22N2O4S2/c1-11-14(4-3-9-15-11)16-22(19,20)13-7-5-12(6-8-13)10-21(2,17)18/h5-8,11,14-16H,3-4,9-10H2,1-2H3. The minimum absolute atomic E-state index is 0.0908. The number of piperidine rings is 1. The van der Waals surface area contributed by atoms with Gasteiger partial charge < -0.3 is 5.32 Å². The lowest BCUT2D eigenvalue weighted by Gasteiger charge is -2.30. The highest BCUT2D eigenvalue weighted by atomic mass is 32.2. The average molecular weight is 346 g/mol. The second-order valence-electron chi connectivity index (χ2n) is 5.83. The van der Waals surface area contributed by atoms with E-state index in [1.807, 2.05) is 6.92 Å². The third-order valence-electron chi connectivity index (χ3n) is 3.73. The summed E-state index contributed by atoms with van der Waals surface area (Å²) >= 11 is 0. The summed E-state index contributed by atoms with van der Waals surface area (Å²) in [5.74, 6) is -0.0929. The lowest BCUT2D eigenvalue weighted by atomic mass is 10.0. The molecule has 1 aromatic rings. The van der Waals surface area contributed by atoms with Gasteiger partial charge in [-0.05, 0) is 44.0 Å². The van der Waals surface area contributed by atoms with Crippen LogP contribution in [0.5, 0.6) is 0 Å². The van der Waals surface area contributed by atoms with E-state index >= 15 is 0 Å². The summed E-state index contributed by atoms with van der Waals surface area (Å²) in [6.45, 7) is 2.86. The SMILES string of the molecule is CC1NCCCC1NS(=O)(=O)c1ccc(CS(C)(=O)=O)cc1. The van der Waals surface area contributed by atoms with Gasteiger partial charge in [-0.2, -0.15) is 0 Å². The first-order valence-corrected chi connectivity index (χ1v) is 10.7. The zero-order valence-electron chi connectivity index (χ0n) is 12.7. The Kier molecular flexibility index (Phi) is 5.26. The van der Waals surface area contributed by atoms with Gasteiger partial charge in [0.1, 0.15) is 0 Å². The number of nitrogens with one attached hydrogen (secondary N) is 2. The molecular formula is C14H22N2O4S2. The summed E-state index contributed by atoms with van der Waals surface area (Å²) in [7, 11) is -6.72. The highest BCUT2D eigenvalue weighted by molar-refractivity contribution is 7.90. The van der Waals surface area contributed by atoms with E-state index in [1.165, 1.54) is 24.3 Å². The molecule has 8 heteroatoms. The predicted octanol–water partition coefficient (Wildman–Crippen LogP) is 0.650. The third-order valence-corrected chi connectivity index (χ3v) is 6.09. The van der Waals surface area contributed by atoms with Crippen molar-refractivity contribution in [2.24, 2.45) is 0 Å². The largest absolute Gasteiger partial charge is 0.313 e. The zero-order valence-corrected chi connectivity index (χ0v) is 14.4. The van der Waals surface area contributed by atoms with Crippen molar-refractivity contribution in [2.75, 3.05) is 12.8 Å². The number of sulfonamides is 1. The molecule has 1 aliphatic rings. The molecule has 2 unspecified atom stereocenters. The first kappa shape index (κ1) is 17.4. The fourth-order valence-corrected chi connectivity index (χ4v) is 4.69. The number of sulfone groups is 1. The van der Waals surface area contributed by atoms with Crippen LogP contribution in [0.2, 0.25) is 0 Å². The minimum Gasteiger partial charge on any atom is -0.313 e. The van der Waals surface area contributed by atoms with Crippen molar-refractivity contribution in [1.82, 2.24) is 10.0 Å². The van der Waals surface area contributed by atoms with Crippen LogP contribution < -0.4 is 10.0 Å². The van der Waals surface area contributed by atoms with Gasteiger partial charge in [0.2, 0.25) is 10.0 Å². The maximum absolute atomic E-state index is 12.4. The molecule has 124 valence electrons. The van der Waals surface area contributed by atoms with Crippen molar-refractivity contribution >= 4 is 19.9 Å². The van der Waals surface area contributed by atoms with Crippen LogP contribution in [0.3, 0.4) is 0 Å². The van der Waals surface area contributed by atoms with Crippen LogP contribution in [-0.4, -0.2) is 41.7 Å². The van der Waals surface area contributed by atoms with E-state index in [4.69, 9.17) is 0 Å². The molecule has 0 aromatic heterocycles. The number of rotatable bonds is 5. The molecule has 0 amide bonds. The van der Waals surface area contributed by atoms with E-state index < -0.39 is 19.9 Å². The maximum atomic E-state index is 12.4. The lowest BCUT2D eigenvalue weighted by Crippen LogP contribution is -2.51. The topological polar surface area (TPSA) is 92.3 Å². The van der Waals surface area contributed by atoms with Gasteiger partial charge in [0.05, 0.1) is 10.6 Å². The van der Waals surface area contributed by atoms with Crippen LogP contribution in [0.4, 0.5) is 0 Å². The average Bonchev–Trinajstić information content (AvgIpc) is 2.40. The fourth-order valence-electron chi connectivity index (χ4n) is 2.54. The minimum atomic E-state index is -3.59. The first-order chi connectivity index (χ1) is 10.2. The van der Waals surface area contributed by atoms with Gasteiger partial charge in [-0.25, -0.2) is 21.6 Å². The van der Waals surface area contributed by atoms with Gasteiger partial charge in [-0.3, -0.25) is 0 Å². The molecule has 1 fully saturated rings. The molecule has 0 bridgehead atoms. The van der Waals surface area contributed by atoms with Crippen molar-refractivity contribution in [2.45, 2.75) is 42.5 Å². The van der Waals surface area contributed by atoms with Crippen LogP contribution in [0.1, 0.15) is 25.3 Å². The maximum Gasteiger partial charge on any atom is 0.240 e. The highest BCUT2D eigenvalue weighted by Gasteiger charge is 2.26. The van der Waals surface area contributed by atoms with Crippen LogP contribution >= 0.6 is 0 Å². The summed E-state index contributed by atoms with van der Waals surface area (Å²) < 4.78 is 50.0. The van der Waals surface area contributed by atoms with Gasteiger partial charge in [0, 0.05) is 18.3 Å². The van der Waals surface area contributed by atoms with Gasteiger partial charge in [0.15, 0.2) is 9.84 Å². The molecule has 2 atom stereocenters. The Morgan fingerprint density at radius 3 is 2.36 bits per heavy atom. The third kappa shape index (κ3) is 4.77. The van der Waals surface area contributed by atoms with E-state index in [1.54, 1.807) is 0 Å². The van der Waals surface area contributed by atoms with Gasteiger partial charge >= 0.3 is 0 Å². The normalized spacial score (nSPS) is 23.4. The van der Waals surface area contributed by atoms with Crippen molar-refractivity contribution < 1.29 is 16.8 Å². The molecule has 1 aromatic carbocycles. The van der Waals surface area contributed by atoms with E-state index in [0.29, 0.717) is 5.56 Å². The summed E-state index contributed by atoms with van der Waals surface area (Å²) in [5, 5.41) is 3.25. The van der Waals surface area contributed by atoms with Crippen molar-refractivity contribution in [1.29, 1.82) is 0 Å². The van der Waals surface area contributed by atoms with Gasteiger partial charge in [-0.15, -0.1) is 0 Å². The number of benzene rings is 1. The van der Waals surface area contributed by atoms with Crippen LogP contribution in [0, 0.1) is 0 Å². The van der Waals surface area contributed by atoms with E-state index in [9.17, 15) is 16.8 Å². The quantitative estimate of drug-likeness (QED) is 0.817. The first-order valence-electron chi connectivity index (χ1n) is 7.20. The molecule has 0 spiro atoms. The second kappa shape index (κ2) is 6.66. The molecule has 1 aliphatic heterocycles. The molecule has 0 aliphatic carbocycles. The monoisotopic (exact) mass is 346 g/mol. The van der Waals surface area contributed by atoms with Crippen LogP contribution in [0.25, 0.3) is 0 Å². The molecule has 1 heterocycles.